The molecule has 5 heteroatoms. The van der Waals surface area contributed by atoms with Gasteiger partial charge in [-0.2, -0.15) is 24.5 Å². The number of rotatable bonds is 3. The summed E-state index contributed by atoms with van der Waals surface area (Å²) in [5.41, 5.74) is 0.931. The van der Waals surface area contributed by atoms with Crippen LogP contribution in [-0.4, -0.2) is 0 Å². The highest BCUT2D eigenvalue weighted by Crippen LogP contribution is 2.29. The molecule has 1 aromatic heterocycles. The molecule has 0 unspecified atom stereocenters. The molecule has 1 N–H and O–H groups in total. The number of hydrogen-bond donors (Lipinski definition) is 1. The normalized spacial score (nSPS) is 11.5. The lowest BCUT2D eigenvalue weighted by atomic mass is 10.1. The van der Waals surface area contributed by atoms with Crippen LogP contribution in [0.5, 0.6) is 0 Å². The second-order valence-corrected chi connectivity index (χ2v) is 4.34. The van der Waals surface area contributed by atoms with E-state index in [0.717, 1.165) is 11.8 Å². The SMILES string of the molecule is FC(F)(F)c1cccc(CNc2ccsc2)c1. The van der Waals surface area contributed by atoms with Crippen molar-refractivity contribution >= 4 is 17.0 Å². The van der Waals surface area contributed by atoms with E-state index in [1.54, 1.807) is 6.07 Å². The van der Waals surface area contributed by atoms with Gasteiger partial charge in [0.05, 0.1) is 5.56 Å². The molecule has 0 saturated heterocycles. The van der Waals surface area contributed by atoms with Gasteiger partial charge in [0.2, 0.25) is 0 Å². The average Bonchev–Trinajstić information content (AvgIpc) is 2.78. The summed E-state index contributed by atoms with van der Waals surface area (Å²) < 4.78 is 37.4. The number of thiophene rings is 1. The van der Waals surface area contributed by atoms with Gasteiger partial charge in [-0.3, -0.25) is 0 Å². The Bertz CT molecular complexity index is 477. The number of hydrogen-bond acceptors (Lipinski definition) is 2. The van der Waals surface area contributed by atoms with Gasteiger partial charge in [0.1, 0.15) is 0 Å². The fourth-order valence-corrected chi connectivity index (χ4v) is 2.04. The van der Waals surface area contributed by atoms with E-state index in [0.29, 0.717) is 12.1 Å². The van der Waals surface area contributed by atoms with Crippen molar-refractivity contribution in [2.24, 2.45) is 0 Å². The van der Waals surface area contributed by atoms with E-state index in [9.17, 15) is 13.2 Å². The van der Waals surface area contributed by atoms with Crippen LogP contribution in [0.2, 0.25) is 0 Å². The van der Waals surface area contributed by atoms with Crippen molar-refractivity contribution in [3.05, 3.63) is 52.2 Å². The molecular weight excluding hydrogens is 247 g/mol. The second kappa shape index (κ2) is 4.79. The molecule has 17 heavy (non-hydrogen) atoms. The Morgan fingerprint density at radius 3 is 2.65 bits per heavy atom. The summed E-state index contributed by atoms with van der Waals surface area (Å²) in [5, 5.41) is 6.88. The highest BCUT2D eigenvalue weighted by Gasteiger charge is 2.30. The molecule has 0 saturated carbocycles. The predicted molar refractivity (Wildman–Crippen MR) is 63.1 cm³/mol. The molecule has 90 valence electrons. The smallest absolute Gasteiger partial charge is 0.380 e. The van der Waals surface area contributed by atoms with Crippen molar-refractivity contribution in [3.63, 3.8) is 0 Å². The Kier molecular flexibility index (Phi) is 3.38. The van der Waals surface area contributed by atoms with Crippen LogP contribution < -0.4 is 5.32 Å². The lowest BCUT2D eigenvalue weighted by Crippen LogP contribution is -2.06. The Labute approximate surface area is 101 Å². The van der Waals surface area contributed by atoms with Gasteiger partial charge in [-0.25, -0.2) is 0 Å². The maximum Gasteiger partial charge on any atom is 0.416 e. The predicted octanol–water partition coefficient (Wildman–Crippen LogP) is 4.38. The number of benzene rings is 1. The zero-order valence-corrected chi connectivity index (χ0v) is 9.61. The summed E-state index contributed by atoms with van der Waals surface area (Å²) in [5.74, 6) is 0. The van der Waals surface area contributed by atoms with Gasteiger partial charge in [-0.15, -0.1) is 0 Å². The fraction of sp³-hybridized carbons (Fsp3) is 0.167. The van der Waals surface area contributed by atoms with E-state index in [1.807, 2.05) is 16.8 Å². The minimum atomic E-state index is -4.28. The Hall–Kier alpha value is -1.49. The summed E-state index contributed by atoms with van der Waals surface area (Å²) in [7, 11) is 0. The van der Waals surface area contributed by atoms with Gasteiger partial charge in [-0.05, 0) is 29.1 Å². The van der Waals surface area contributed by atoms with Crippen molar-refractivity contribution in [2.45, 2.75) is 12.7 Å². The minimum absolute atomic E-state index is 0.390. The van der Waals surface area contributed by atoms with Crippen LogP contribution in [0, 0.1) is 0 Å². The van der Waals surface area contributed by atoms with Crippen LogP contribution in [0.3, 0.4) is 0 Å². The van der Waals surface area contributed by atoms with E-state index < -0.39 is 11.7 Å². The van der Waals surface area contributed by atoms with Gasteiger partial charge >= 0.3 is 6.18 Å². The molecule has 1 heterocycles. The molecule has 2 rings (SSSR count). The average molecular weight is 257 g/mol. The zero-order valence-electron chi connectivity index (χ0n) is 8.79. The maximum absolute atomic E-state index is 12.5. The molecule has 1 aromatic carbocycles. The topological polar surface area (TPSA) is 12.0 Å². The minimum Gasteiger partial charge on any atom is -0.380 e. The van der Waals surface area contributed by atoms with E-state index in [1.165, 1.54) is 23.5 Å². The second-order valence-electron chi connectivity index (χ2n) is 3.56. The van der Waals surface area contributed by atoms with E-state index >= 15 is 0 Å². The van der Waals surface area contributed by atoms with Crippen LogP contribution in [0.15, 0.2) is 41.1 Å². The third-order valence-electron chi connectivity index (χ3n) is 2.27. The maximum atomic E-state index is 12.5. The molecule has 0 atom stereocenters. The van der Waals surface area contributed by atoms with E-state index in [-0.39, 0.29) is 0 Å². The van der Waals surface area contributed by atoms with E-state index in [2.05, 4.69) is 5.32 Å². The third kappa shape index (κ3) is 3.23. The molecule has 0 fully saturated rings. The van der Waals surface area contributed by atoms with Crippen LogP contribution in [-0.2, 0) is 12.7 Å². The molecule has 0 bridgehead atoms. The molecule has 0 amide bonds. The molecule has 0 radical (unpaired) electrons. The van der Waals surface area contributed by atoms with Gasteiger partial charge in [-0.1, -0.05) is 12.1 Å². The monoisotopic (exact) mass is 257 g/mol. The van der Waals surface area contributed by atoms with Crippen molar-refractivity contribution in [1.29, 1.82) is 0 Å². The first-order valence-corrected chi connectivity index (χ1v) is 5.92. The summed E-state index contributed by atoms with van der Waals surface area (Å²) in [6.45, 7) is 0.390. The number of anilines is 1. The lowest BCUT2D eigenvalue weighted by molar-refractivity contribution is -0.137. The zero-order chi connectivity index (χ0) is 12.3. The van der Waals surface area contributed by atoms with Crippen molar-refractivity contribution in [2.75, 3.05) is 5.32 Å². The highest BCUT2D eigenvalue weighted by molar-refractivity contribution is 7.08. The first-order chi connectivity index (χ1) is 8.05. The molecule has 0 aliphatic carbocycles. The number of halogens is 3. The van der Waals surface area contributed by atoms with Gasteiger partial charge < -0.3 is 5.32 Å². The Morgan fingerprint density at radius 1 is 1.18 bits per heavy atom. The lowest BCUT2D eigenvalue weighted by Gasteiger charge is -2.09. The van der Waals surface area contributed by atoms with Gasteiger partial charge in [0.25, 0.3) is 0 Å². The quantitative estimate of drug-likeness (QED) is 0.860. The summed E-state index contributed by atoms with van der Waals surface area (Å²) >= 11 is 1.54. The third-order valence-corrected chi connectivity index (χ3v) is 2.96. The molecule has 0 spiro atoms. The summed E-state index contributed by atoms with van der Waals surface area (Å²) in [6, 6.07) is 7.23. The standard InChI is InChI=1S/C12H10F3NS/c13-12(14,15)10-3-1-2-9(6-10)7-16-11-4-5-17-8-11/h1-6,8,16H,7H2. The highest BCUT2D eigenvalue weighted by atomic mass is 32.1. The Balaban J connectivity index is 2.07. The van der Waals surface area contributed by atoms with Crippen molar-refractivity contribution in [3.8, 4) is 0 Å². The number of alkyl halides is 3. The van der Waals surface area contributed by atoms with Crippen LogP contribution >= 0.6 is 11.3 Å². The first kappa shape index (κ1) is 12.0. The van der Waals surface area contributed by atoms with Gasteiger partial charge in [0.15, 0.2) is 0 Å². The number of nitrogens with one attached hydrogen (secondary N) is 1. The molecular formula is C12H10F3NS. The molecule has 0 aliphatic heterocycles. The molecule has 2 aromatic rings. The Morgan fingerprint density at radius 2 is 2.00 bits per heavy atom. The summed E-state index contributed by atoms with van der Waals surface area (Å²) in [4.78, 5) is 0. The molecule has 0 aliphatic rings. The van der Waals surface area contributed by atoms with Crippen molar-refractivity contribution in [1.82, 2.24) is 0 Å². The van der Waals surface area contributed by atoms with Crippen LogP contribution in [0.1, 0.15) is 11.1 Å². The largest absolute Gasteiger partial charge is 0.416 e. The van der Waals surface area contributed by atoms with E-state index in [4.69, 9.17) is 0 Å². The molecule has 1 nitrogen and oxygen atoms in total. The van der Waals surface area contributed by atoms with Gasteiger partial charge in [0, 0.05) is 17.6 Å². The van der Waals surface area contributed by atoms with Crippen LogP contribution in [0.4, 0.5) is 18.9 Å². The van der Waals surface area contributed by atoms with Crippen LogP contribution in [0.25, 0.3) is 0 Å². The summed E-state index contributed by atoms with van der Waals surface area (Å²) in [6.07, 6.45) is -4.28. The fourth-order valence-electron chi connectivity index (χ4n) is 1.43. The first-order valence-electron chi connectivity index (χ1n) is 4.98. The van der Waals surface area contributed by atoms with Crippen molar-refractivity contribution < 1.29 is 13.2 Å².